The van der Waals surface area contributed by atoms with E-state index in [9.17, 15) is 0 Å². The van der Waals surface area contributed by atoms with Crippen molar-refractivity contribution in [3.8, 4) is 11.1 Å². The van der Waals surface area contributed by atoms with Crippen LogP contribution in [0.25, 0.3) is 38.7 Å². The predicted octanol–water partition coefficient (Wildman–Crippen LogP) is 11.0. The van der Waals surface area contributed by atoms with Crippen molar-refractivity contribution in [1.82, 2.24) is 4.98 Å². The fourth-order valence-electron chi connectivity index (χ4n) is 6.36. The lowest BCUT2D eigenvalue weighted by Crippen LogP contribution is -2.05. The molecule has 1 N–H and O–H groups in total. The Balaban J connectivity index is 1.18. The zero-order valence-corrected chi connectivity index (χ0v) is 25.7. The van der Waals surface area contributed by atoms with E-state index in [2.05, 4.69) is 122 Å². The Morgan fingerprint density at radius 1 is 0.891 bits per heavy atom. The fraction of sp³-hybridized carbons (Fsp3) is 0.0930. The predicted molar refractivity (Wildman–Crippen MR) is 196 cm³/mol. The average Bonchev–Trinajstić information content (AvgIpc) is 3.13. The van der Waals surface area contributed by atoms with Crippen LogP contribution in [0.4, 0.5) is 0 Å². The van der Waals surface area contributed by atoms with Crippen molar-refractivity contribution >= 4 is 39.5 Å². The molecule has 4 aromatic carbocycles. The first-order valence-corrected chi connectivity index (χ1v) is 15.9. The van der Waals surface area contributed by atoms with Crippen molar-refractivity contribution in [2.24, 2.45) is 4.99 Å². The highest BCUT2D eigenvalue weighted by Gasteiger charge is 2.17. The Labute approximate surface area is 270 Å². The summed E-state index contributed by atoms with van der Waals surface area (Å²) in [5.74, 6) is 0.188. The second kappa shape index (κ2) is 13.1. The largest absolute Gasteiger partial charge is 0.301 e. The van der Waals surface area contributed by atoms with E-state index in [1.165, 1.54) is 27.1 Å². The van der Waals surface area contributed by atoms with Crippen molar-refractivity contribution in [2.45, 2.75) is 25.2 Å². The van der Waals surface area contributed by atoms with Crippen LogP contribution in [0.5, 0.6) is 0 Å². The van der Waals surface area contributed by atoms with E-state index in [1.807, 2.05) is 36.7 Å². The second-order valence-electron chi connectivity index (χ2n) is 11.7. The standard InChI is InChI=1S/C43H35N3/c1-2-31-20-21-32-10-6-8-14-38(32)42(31)36-18-16-30(17-19-36)29-46-41(28-40(44)34-12-4-3-5-13-34)35-22-24-37(25-23-35)43-39-15-9-7-11-33(39)26-27-45-43/h2-4,6-12,14-24,26-29,37,44H,1,5,13,25H2. The molecular weight excluding hydrogens is 558 g/mol. The van der Waals surface area contributed by atoms with E-state index in [4.69, 9.17) is 15.4 Å². The summed E-state index contributed by atoms with van der Waals surface area (Å²) in [6.45, 7) is 4.06. The number of nitrogens with one attached hydrogen (secondary N) is 1. The van der Waals surface area contributed by atoms with Crippen LogP contribution in [0.15, 0.2) is 168 Å². The molecule has 5 aromatic rings. The van der Waals surface area contributed by atoms with Crippen LogP contribution < -0.4 is 0 Å². The van der Waals surface area contributed by atoms with Gasteiger partial charge in [0.25, 0.3) is 0 Å². The van der Waals surface area contributed by atoms with Crippen molar-refractivity contribution in [3.05, 3.63) is 180 Å². The van der Waals surface area contributed by atoms with E-state index in [-0.39, 0.29) is 5.92 Å². The van der Waals surface area contributed by atoms with Crippen molar-refractivity contribution in [1.29, 1.82) is 5.41 Å². The highest BCUT2D eigenvalue weighted by Crippen LogP contribution is 2.34. The first-order valence-electron chi connectivity index (χ1n) is 15.9. The molecule has 0 amide bonds. The van der Waals surface area contributed by atoms with Crippen LogP contribution in [0.3, 0.4) is 0 Å². The van der Waals surface area contributed by atoms with E-state index in [0.717, 1.165) is 58.5 Å². The van der Waals surface area contributed by atoms with Gasteiger partial charge in [-0.15, -0.1) is 0 Å². The number of hydrogen-bond acceptors (Lipinski definition) is 3. The summed E-state index contributed by atoms with van der Waals surface area (Å²) in [5.41, 5.74) is 8.89. The van der Waals surface area contributed by atoms with Gasteiger partial charge in [0.2, 0.25) is 0 Å². The minimum atomic E-state index is 0.188. The summed E-state index contributed by atoms with van der Waals surface area (Å²) >= 11 is 0. The summed E-state index contributed by atoms with van der Waals surface area (Å²) in [6, 6.07) is 31.8. The maximum Gasteiger partial charge on any atom is 0.0720 e. The first kappa shape index (κ1) is 29.1. The van der Waals surface area contributed by atoms with Crippen molar-refractivity contribution < 1.29 is 0 Å². The maximum absolute atomic E-state index is 8.89. The van der Waals surface area contributed by atoms with E-state index in [0.29, 0.717) is 5.71 Å². The number of nitrogens with zero attached hydrogens (tertiary/aromatic N) is 2. The molecule has 0 fully saturated rings. The molecule has 222 valence electrons. The third-order valence-electron chi connectivity index (χ3n) is 8.83. The summed E-state index contributed by atoms with van der Waals surface area (Å²) < 4.78 is 0. The summed E-state index contributed by atoms with van der Waals surface area (Å²) in [5, 5.41) is 13.7. The topological polar surface area (TPSA) is 49.1 Å². The monoisotopic (exact) mass is 593 g/mol. The maximum atomic E-state index is 8.89. The molecule has 2 aliphatic rings. The number of hydrogen-bond donors (Lipinski definition) is 1. The third-order valence-corrected chi connectivity index (χ3v) is 8.83. The average molecular weight is 594 g/mol. The number of aliphatic imine (C=N–C) groups is 1. The number of pyridine rings is 1. The molecule has 0 radical (unpaired) electrons. The Morgan fingerprint density at radius 3 is 2.41 bits per heavy atom. The van der Waals surface area contributed by atoms with E-state index in [1.54, 1.807) is 0 Å². The molecule has 7 rings (SSSR count). The third kappa shape index (κ3) is 6.00. The van der Waals surface area contributed by atoms with Gasteiger partial charge in [0, 0.05) is 23.7 Å². The Morgan fingerprint density at radius 2 is 1.67 bits per heavy atom. The molecule has 0 saturated heterocycles. The zero-order chi connectivity index (χ0) is 31.3. The fourth-order valence-corrected chi connectivity index (χ4v) is 6.36. The molecule has 1 unspecified atom stereocenters. The number of benzene rings is 4. The SMILES string of the molecule is C=Cc1ccc2ccccc2c1-c1ccc(C=NC(=CC(=N)C2=CC=CCC2)C2=CCC(c3nccc4ccccc34)C=C2)cc1. The lowest BCUT2D eigenvalue weighted by atomic mass is 9.89. The van der Waals surface area contributed by atoms with E-state index >= 15 is 0 Å². The number of allylic oxidation sites excluding steroid dienone is 8. The van der Waals surface area contributed by atoms with Crippen molar-refractivity contribution in [3.63, 3.8) is 0 Å². The number of aromatic nitrogens is 1. The molecule has 0 aliphatic heterocycles. The summed E-state index contributed by atoms with van der Waals surface area (Å²) in [4.78, 5) is 9.75. The van der Waals surface area contributed by atoms with Crippen LogP contribution in [-0.4, -0.2) is 16.9 Å². The molecule has 1 heterocycles. The van der Waals surface area contributed by atoms with Gasteiger partial charge in [-0.05, 0) is 81.0 Å². The van der Waals surface area contributed by atoms with Gasteiger partial charge in [-0.2, -0.15) is 0 Å². The number of rotatable bonds is 8. The van der Waals surface area contributed by atoms with Crippen LogP contribution in [0.1, 0.15) is 42.0 Å². The molecule has 0 bridgehead atoms. The normalized spacial score (nSPS) is 16.5. The van der Waals surface area contributed by atoms with Gasteiger partial charge in [0.15, 0.2) is 0 Å². The molecule has 0 saturated carbocycles. The molecule has 3 nitrogen and oxygen atoms in total. The second-order valence-corrected chi connectivity index (χ2v) is 11.7. The quantitative estimate of drug-likeness (QED) is 0.179. The number of fused-ring (bicyclic) bond motifs is 2. The van der Waals surface area contributed by atoms with Gasteiger partial charge in [-0.1, -0.05) is 134 Å². The smallest absolute Gasteiger partial charge is 0.0720 e. The lowest BCUT2D eigenvalue weighted by Gasteiger charge is -2.18. The van der Waals surface area contributed by atoms with Gasteiger partial charge in [0.1, 0.15) is 0 Å². The molecular formula is C43H35N3. The highest BCUT2D eigenvalue weighted by atomic mass is 14.7. The minimum Gasteiger partial charge on any atom is -0.301 e. The molecule has 46 heavy (non-hydrogen) atoms. The molecule has 1 atom stereocenters. The van der Waals surface area contributed by atoms with Crippen LogP contribution in [-0.2, 0) is 0 Å². The van der Waals surface area contributed by atoms with Crippen LogP contribution >= 0.6 is 0 Å². The molecule has 3 heteroatoms. The van der Waals surface area contributed by atoms with E-state index < -0.39 is 0 Å². The zero-order valence-electron chi connectivity index (χ0n) is 25.7. The molecule has 0 spiro atoms. The Bertz CT molecular complexity index is 2150. The lowest BCUT2D eigenvalue weighted by molar-refractivity contribution is 0.819. The first-order chi connectivity index (χ1) is 22.7. The van der Waals surface area contributed by atoms with Gasteiger partial charge >= 0.3 is 0 Å². The Hall–Kier alpha value is -5.67. The van der Waals surface area contributed by atoms with Crippen molar-refractivity contribution in [2.75, 3.05) is 0 Å². The van der Waals surface area contributed by atoms with Gasteiger partial charge in [-0.3, -0.25) is 9.98 Å². The summed E-state index contributed by atoms with van der Waals surface area (Å²) in [6.07, 6.45) is 23.1. The Kier molecular flexibility index (Phi) is 8.30. The molecule has 1 aromatic heterocycles. The van der Waals surface area contributed by atoms with Crippen LogP contribution in [0.2, 0.25) is 0 Å². The van der Waals surface area contributed by atoms with Gasteiger partial charge in [0.05, 0.1) is 17.1 Å². The van der Waals surface area contributed by atoms with Gasteiger partial charge < -0.3 is 5.41 Å². The summed E-state index contributed by atoms with van der Waals surface area (Å²) in [7, 11) is 0. The molecule has 2 aliphatic carbocycles. The highest BCUT2D eigenvalue weighted by molar-refractivity contribution is 6.07. The van der Waals surface area contributed by atoms with Gasteiger partial charge in [-0.25, -0.2) is 0 Å². The minimum absolute atomic E-state index is 0.188. The van der Waals surface area contributed by atoms with Crippen LogP contribution in [0, 0.1) is 5.41 Å².